The maximum Gasteiger partial charge on any atom is 0.227 e. The molecule has 1 atom stereocenters. The fourth-order valence-electron chi connectivity index (χ4n) is 2.57. The van der Waals surface area contributed by atoms with Gasteiger partial charge in [-0.3, -0.25) is 4.79 Å². The molecule has 1 aliphatic heterocycles. The Morgan fingerprint density at radius 1 is 1.50 bits per heavy atom. The van der Waals surface area contributed by atoms with Gasteiger partial charge in [-0.2, -0.15) is 0 Å². The second kappa shape index (κ2) is 7.09. The Balaban J connectivity index is 1.59. The van der Waals surface area contributed by atoms with E-state index < -0.39 is 0 Å². The number of hydrogen-bond acceptors (Lipinski definition) is 6. The number of rotatable bonds is 5. The molecule has 3 rings (SSSR count). The van der Waals surface area contributed by atoms with Crippen molar-refractivity contribution in [2.75, 3.05) is 32.7 Å². The number of thiazole rings is 1. The molecule has 1 aliphatic rings. The summed E-state index contributed by atoms with van der Waals surface area (Å²) in [6.45, 7) is 0.829. The molecule has 1 aromatic carbocycles. The van der Waals surface area contributed by atoms with Gasteiger partial charge in [0.1, 0.15) is 18.1 Å². The monoisotopic (exact) mass is 347 g/mol. The smallest absolute Gasteiger partial charge is 0.227 e. The standard InChI is InChI=1S/C17H21N3O3S/c1-20(2)17-19-13(10-24-17)8-18-16(21)12-6-11-7-14(22-3)4-5-15(11)23-9-12/h4-5,7,10,12H,6,8-9H2,1-3H3,(H,18,21)/t12-/m0/s1. The number of nitrogens with zero attached hydrogens (tertiary/aromatic N) is 2. The van der Waals surface area contributed by atoms with Gasteiger partial charge < -0.3 is 19.7 Å². The van der Waals surface area contributed by atoms with Crippen molar-refractivity contribution in [2.45, 2.75) is 13.0 Å². The van der Waals surface area contributed by atoms with E-state index >= 15 is 0 Å². The molecule has 1 amide bonds. The van der Waals surface area contributed by atoms with Crippen LogP contribution in [0.2, 0.25) is 0 Å². The van der Waals surface area contributed by atoms with E-state index in [0.717, 1.165) is 27.9 Å². The number of fused-ring (bicyclic) bond motifs is 1. The second-order valence-corrected chi connectivity index (χ2v) is 6.76. The minimum atomic E-state index is -0.198. The molecule has 0 spiro atoms. The molecule has 2 heterocycles. The third kappa shape index (κ3) is 3.62. The van der Waals surface area contributed by atoms with Crippen molar-refractivity contribution in [3.8, 4) is 11.5 Å². The van der Waals surface area contributed by atoms with Gasteiger partial charge in [0.05, 0.1) is 25.3 Å². The van der Waals surface area contributed by atoms with E-state index in [1.807, 2.05) is 42.6 Å². The third-order valence-corrected chi connectivity index (χ3v) is 4.97. The van der Waals surface area contributed by atoms with Crippen LogP contribution in [0.15, 0.2) is 23.6 Å². The summed E-state index contributed by atoms with van der Waals surface area (Å²) in [5.41, 5.74) is 1.88. The van der Waals surface area contributed by atoms with Crippen LogP contribution in [0.3, 0.4) is 0 Å². The number of anilines is 1. The Labute approximate surface area is 145 Å². The lowest BCUT2D eigenvalue weighted by Crippen LogP contribution is -2.37. The van der Waals surface area contributed by atoms with Crippen LogP contribution in [0.5, 0.6) is 11.5 Å². The van der Waals surface area contributed by atoms with E-state index in [0.29, 0.717) is 19.6 Å². The predicted molar refractivity (Wildman–Crippen MR) is 94.0 cm³/mol. The molecule has 0 bridgehead atoms. The highest BCUT2D eigenvalue weighted by Gasteiger charge is 2.26. The average molecular weight is 347 g/mol. The van der Waals surface area contributed by atoms with Gasteiger partial charge in [-0.1, -0.05) is 0 Å². The van der Waals surface area contributed by atoms with E-state index in [1.54, 1.807) is 18.4 Å². The van der Waals surface area contributed by atoms with Crippen LogP contribution in [0.25, 0.3) is 0 Å². The van der Waals surface area contributed by atoms with E-state index in [1.165, 1.54) is 0 Å². The van der Waals surface area contributed by atoms with Gasteiger partial charge in [-0.15, -0.1) is 11.3 Å². The molecule has 24 heavy (non-hydrogen) atoms. The van der Waals surface area contributed by atoms with Crippen LogP contribution in [0.4, 0.5) is 5.13 Å². The van der Waals surface area contributed by atoms with Crippen molar-refractivity contribution < 1.29 is 14.3 Å². The number of carbonyl (C=O) groups excluding carboxylic acids is 1. The molecule has 1 N–H and O–H groups in total. The van der Waals surface area contributed by atoms with Crippen LogP contribution in [-0.4, -0.2) is 38.7 Å². The maximum atomic E-state index is 12.4. The van der Waals surface area contributed by atoms with Crippen LogP contribution < -0.4 is 19.7 Å². The van der Waals surface area contributed by atoms with E-state index in [4.69, 9.17) is 9.47 Å². The first-order valence-corrected chi connectivity index (χ1v) is 8.64. The molecule has 0 saturated heterocycles. The first-order chi connectivity index (χ1) is 11.6. The van der Waals surface area contributed by atoms with Gasteiger partial charge in [0.25, 0.3) is 0 Å². The van der Waals surface area contributed by atoms with Gasteiger partial charge in [0.2, 0.25) is 5.91 Å². The third-order valence-electron chi connectivity index (χ3n) is 3.91. The van der Waals surface area contributed by atoms with Crippen molar-refractivity contribution in [1.82, 2.24) is 10.3 Å². The van der Waals surface area contributed by atoms with Gasteiger partial charge in [0.15, 0.2) is 5.13 Å². The Kier molecular flexibility index (Phi) is 4.89. The van der Waals surface area contributed by atoms with Crippen molar-refractivity contribution in [3.05, 3.63) is 34.8 Å². The minimum Gasteiger partial charge on any atom is -0.497 e. The molecule has 6 nitrogen and oxygen atoms in total. The normalized spacial score (nSPS) is 16.0. The lowest BCUT2D eigenvalue weighted by Gasteiger charge is -2.24. The highest BCUT2D eigenvalue weighted by atomic mass is 32.1. The average Bonchev–Trinajstić information content (AvgIpc) is 3.08. The van der Waals surface area contributed by atoms with Crippen LogP contribution in [-0.2, 0) is 17.8 Å². The molecular formula is C17H21N3O3S. The highest BCUT2D eigenvalue weighted by Crippen LogP contribution is 2.30. The Morgan fingerprint density at radius 2 is 2.33 bits per heavy atom. The first kappa shape index (κ1) is 16.6. The van der Waals surface area contributed by atoms with Gasteiger partial charge >= 0.3 is 0 Å². The molecule has 0 fully saturated rings. The fourth-order valence-corrected chi connectivity index (χ4v) is 3.33. The fraction of sp³-hybridized carbons (Fsp3) is 0.412. The minimum absolute atomic E-state index is 0.0112. The van der Waals surface area contributed by atoms with E-state index in [2.05, 4.69) is 10.3 Å². The van der Waals surface area contributed by atoms with Crippen molar-refractivity contribution >= 4 is 22.4 Å². The Bertz CT molecular complexity index is 730. The number of nitrogens with one attached hydrogen (secondary N) is 1. The molecule has 1 aromatic heterocycles. The number of methoxy groups -OCH3 is 1. The zero-order valence-corrected chi connectivity index (χ0v) is 14.9. The summed E-state index contributed by atoms with van der Waals surface area (Å²) >= 11 is 1.56. The Hall–Kier alpha value is -2.28. The second-order valence-electron chi connectivity index (χ2n) is 5.92. The number of hydrogen-bond donors (Lipinski definition) is 1. The van der Waals surface area contributed by atoms with Crippen molar-refractivity contribution in [1.29, 1.82) is 0 Å². The largest absolute Gasteiger partial charge is 0.497 e. The molecule has 128 valence electrons. The highest BCUT2D eigenvalue weighted by molar-refractivity contribution is 7.13. The number of amides is 1. The quantitative estimate of drug-likeness (QED) is 0.897. The molecule has 7 heteroatoms. The van der Waals surface area contributed by atoms with Crippen molar-refractivity contribution in [3.63, 3.8) is 0 Å². The summed E-state index contributed by atoms with van der Waals surface area (Å²) < 4.78 is 10.9. The van der Waals surface area contributed by atoms with Crippen LogP contribution >= 0.6 is 11.3 Å². The molecule has 0 aliphatic carbocycles. The lowest BCUT2D eigenvalue weighted by atomic mass is 9.96. The van der Waals surface area contributed by atoms with Gasteiger partial charge in [-0.25, -0.2) is 4.98 Å². The van der Waals surface area contributed by atoms with E-state index in [9.17, 15) is 4.79 Å². The zero-order chi connectivity index (χ0) is 17.1. The lowest BCUT2D eigenvalue weighted by molar-refractivity contribution is -0.126. The Morgan fingerprint density at radius 3 is 3.04 bits per heavy atom. The van der Waals surface area contributed by atoms with Gasteiger partial charge in [-0.05, 0) is 30.2 Å². The number of carbonyl (C=O) groups is 1. The summed E-state index contributed by atoms with van der Waals surface area (Å²) in [5.74, 6) is 1.39. The summed E-state index contributed by atoms with van der Waals surface area (Å²) in [6, 6.07) is 5.68. The number of benzene rings is 1. The molecule has 0 unspecified atom stereocenters. The molecule has 0 saturated carbocycles. The number of ether oxygens (including phenoxy) is 2. The summed E-state index contributed by atoms with van der Waals surface area (Å²) in [4.78, 5) is 18.8. The van der Waals surface area contributed by atoms with Crippen LogP contribution in [0, 0.1) is 5.92 Å². The maximum absolute atomic E-state index is 12.4. The zero-order valence-electron chi connectivity index (χ0n) is 14.0. The SMILES string of the molecule is COc1ccc2c(c1)C[C@H](C(=O)NCc1csc(N(C)C)n1)CO2. The van der Waals surface area contributed by atoms with Crippen LogP contribution in [0.1, 0.15) is 11.3 Å². The summed E-state index contributed by atoms with van der Waals surface area (Å²) in [6.07, 6.45) is 0.651. The number of aromatic nitrogens is 1. The van der Waals surface area contributed by atoms with Crippen molar-refractivity contribution in [2.24, 2.45) is 5.92 Å². The summed E-state index contributed by atoms with van der Waals surface area (Å²) in [7, 11) is 5.53. The molecule has 2 aromatic rings. The van der Waals surface area contributed by atoms with Gasteiger partial charge in [0, 0.05) is 19.5 Å². The van der Waals surface area contributed by atoms with E-state index in [-0.39, 0.29) is 11.8 Å². The summed E-state index contributed by atoms with van der Waals surface area (Å²) in [5, 5.41) is 5.85. The molecular weight excluding hydrogens is 326 g/mol. The first-order valence-electron chi connectivity index (χ1n) is 7.76. The topological polar surface area (TPSA) is 63.7 Å². The molecule has 0 radical (unpaired) electrons. The predicted octanol–water partition coefficient (Wildman–Crippen LogP) is 2.09.